The predicted octanol–water partition coefficient (Wildman–Crippen LogP) is 4.84. The summed E-state index contributed by atoms with van der Waals surface area (Å²) >= 11 is 0. The molecule has 3 heterocycles. The van der Waals surface area contributed by atoms with Crippen molar-refractivity contribution in [3.05, 3.63) is 53.9 Å². The minimum absolute atomic E-state index is 0.0631. The quantitative estimate of drug-likeness (QED) is 0.189. The third-order valence-corrected chi connectivity index (χ3v) is 6.94. The minimum Gasteiger partial charge on any atom is -0.493 e. The Morgan fingerprint density at radius 1 is 1.06 bits per heavy atom. The van der Waals surface area contributed by atoms with Gasteiger partial charge in [-0.05, 0) is 38.5 Å². The van der Waals surface area contributed by atoms with Crippen molar-refractivity contribution >= 4 is 38.8 Å². The lowest BCUT2D eigenvalue weighted by Gasteiger charge is -2.23. The molecule has 14 nitrogen and oxygen atoms in total. The van der Waals surface area contributed by atoms with Gasteiger partial charge in [-0.15, -0.1) is 0 Å². The van der Waals surface area contributed by atoms with E-state index < -0.39 is 34.1 Å². The van der Waals surface area contributed by atoms with E-state index in [1.165, 1.54) is 24.8 Å². The molecule has 3 aromatic heterocycles. The standard InChI is InChI=1S/C23H23N7O3S.2C2HF3O2/c1-5-33-21-17(14(3)30-23-20-22(27-11-26-20)28-12-29-23)6-13(2)18(8-24)19(21)15-7-16(10-25-9-15)34(4,31)32;2*3-2(4,5)1(6)7/h6-7,9-12,14H,5H2,1-4H3,(H2,26,27,28,29,30);2*(H,6,7)/t14-;;/m0../s1. The second-order valence-corrected chi connectivity index (χ2v) is 11.4. The molecule has 4 N–H and O–H groups in total. The number of pyridine rings is 1. The van der Waals surface area contributed by atoms with Gasteiger partial charge in [-0.3, -0.25) is 4.98 Å². The third-order valence-electron chi connectivity index (χ3n) is 5.86. The maximum Gasteiger partial charge on any atom is 0.490 e. The maximum absolute atomic E-state index is 12.1. The van der Waals surface area contributed by atoms with Gasteiger partial charge in [0.15, 0.2) is 21.3 Å². The number of benzene rings is 1. The van der Waals surface area contributed by atoms with Gasteiger partial charge < -0.3 is 25.3 Å². The highest BCUT2D eigenvalue weighted by atomic mass is 32.2. The number of carboxylic acid groups (broad SMARTS) is 2. The highest BCUT2D eigenvalue weighted by Crippen LogP contribution is 2.42. The van der Waals surface area contributed by atoms with Gasteiger partial charge in [-0.1, -0.05) is 0 Å². The number of aromatic amines is 1. The lowest BCUT2D eigenvalue weighted by molar-refractivity contribution is -0.193. The number of hydrogen-bond acceptors (Lipinski definition) is 11. The van der Waals surface area contributed by atoms with E-state index in [0.29, 0.717) is 46.0 Å². The molecule has 4 aromatic rings. The number of rotatable bonds is 7. The number of anilines is 1. The molecule has 48 heavy (non-hydrogen) atoms. The average molecular weight is 706 g/mol. The molecule has 0 fully saturated rings. The van der Waals surface area contributed by atoms with Crippen molar-refractivity contribution in [3.8, 4) is 22.9 Å². The van der Waals surface area contributed by atoms with Gasteiger partial charge in [0, 0.05) is 35.3 Å². The smallest absolute Gasteiger partial charge is 0.490 e. The Labute approximate surface area is 267 Å². The summed E-state index contributed by atoms with van der Waals surface area (Å²) in [6, 6.07) is 5.36. The van der Waals surface area contributed by atoms with Crippen LogP contribution in [0.1, 0.15) is 36.6 Å². The molecule has 0 unspecified atom stereocenters. The van der Waals surface area contributed by atoms with Crippen LogP contribution in [-0.2, 0) is 19.4 Å². The van der Waals surface area contributed by atoms with Crippen molar-refractivity contribution in [2.45, 2.75) is 44.1 Å². The molecule has 21 heteroatoms. The molecular formula is C27H25F6N7O7S. The molecular weight excluding hydrogens is 680 g/mol. The van der Waals surface area contributed by atoms with Crippen LogP contribution in [0.2, 0.25) is 0 Å². The molecule has 0 aliphatic carbocycles. The number of alkyl halides is 6. The van der Waals surface area contributed by atoms with Crippen LogP contribution in [0.15, 0.2) is 42.1 Å². The van der Waals surface area contributed by atoms with Gasteiger partial charge in [-0.2, -0.15) is 31.6 Å². The van der Waals surface area contributed by atoms with E-state index in [1.807, 2.05) is 26.8 Å². The fraction of sp³-hybridized carbons (Fsp3) is 0.296. The Morgan fingerprint density at radius 3 is 2.15 bits per heavy atom. The number of carbonyl (C=O) groups is 2. The van der Waals surface area contributed by atoms with Crippen molar-refractivity contribution in [3.63, 3.8) is 0 Å². The van der Waals surface area contributed by atoms with Crippen molar-refractivity contribution in [2.24, 2.45) is 0 Å². The first-order valence-corrected chi connectivity index (χ1v) is 14.9. The number of fused-ring (bicyclic) bond motifs is 1. The SMILES string of the molecule is CCOc1c([C@H](C)Nc2ncnc3nc[nH]c23)cc(C)c(C#N)c1-c1cncc(S(C)(=O)=O)c1.O=C(O)C(F)(F)F.O=C(O)C(F)(F)F. The molecule has 0 radical (unpaired) electrons. The zero-order valence-corrected chi connectivity index (χ0v) is 25.9. The summed E-state index contributed by atoms with van der Waals surface area (Å²) in [5.74, 6) is -4.46. The number of nitrogens with one attached hydrogen (secondary N) is 2. The lowest BCUT2D eigenvalue weighted by atomic mass is 9.91. The summed E-state index contributed by atoms with van der Waals surface area (Å²) < 4.78 is 93.8. The lowest BCUT2D eigenvalue weighted by Crippen LogP contribution is -2.21. The number of hydrogen-bond donors (Lipinski definition) is 4. The zero-order chi connectivity index (χ0) is 36.6. The normalized spacial score (nSPS) is 12.0. The maximum atomic E-state index is 12.1. The molecule has 1 atom stereocenters. The molecule has 0 saturated carbocycles. The molecule has 0 aliphatic heterocycles. The van der Waals surface area contributed by atoms with Gasteiger partial charge >= 0.3 is 24.3 Å². The second kappa shape index (κ2) is 15.4. The number of sulfone groups is 1. The van der Waals surface area contributed by atoms with E-state index in [9.17, 15) is 40.0 Å². The van der Waals surface area contributed by atoms with Crippen LogP contribution in [0.4, 0.5) is 32.2 Å². The van der Waals surface area contributed by atoms with Crippen molar-refractivity contribution in [1.29, 1.82) is 5.26 Å². The van der Waals surface area contributed by atoms with Gasteiger partial charge in [0.1, 0.15) is 23.7 Å². The van der Waals surface area contributed by atoms with Gasteiger partial charge in [0.25, 0.3) is 0 Å². The third kappa shape index (κ3) is 9.99. The summed E-state index contributed by atoms with van der Waals surface area (Å²) in [5, 5.41) is 27.6. The number of nitrogens with zero attached hydrogens (tertiary/aromatic N) is 5. The molecule has 0 spiro atoms. The van der Waals surface area contributed by atoms with E-state index in [1.54, 1.807) is 6.33 Å². The zero-order valence-electron chi connectivity index (χ0n) is 25.1. The first-order chi connectivity index (χ1) is 22.1. The monoisotopic (exact) mass is 705 g/mol. The molecule has 4 rings (SSSR count). The van der Waals surface area contributed by atoms with Crippen molar-refractivity contribution in [2.75, 3.05) is 18.2 Å². The Bertz CT molecular complexity index is 1920. The summed E-state index contributed by atoms with van der Waals surface area (Å²) in [6.07, 6.45) is -3.25. The number of carboxylic acids is 2. The number of H-pyrrole nitrogens is 1. The molecule has 1 aromatic carbocycles. The fourth-order valence-electron chi connectivity index (χ4n) is 3.78. The number of ether oxygens (including phenoxy) is 1. The van der Waals surface area contributed by atoms with Gasteiger partial charge in [-0.25, -0.2) is 33.0 Å². The Balaban J connectivity index is 0.000000479. The van der Waals surface area contributed by atoms with E-state index >= 15 is 0 Å². The van der Waals surface area contributed by atoms with Crippen LogP contribution < -0.4 is 10.1 Å². The molecule has 0 aliphatic rings. The van der Waals surface area contributed by atoms with Crippen LogP contribution in [0.25, 0.3) is 22.3 Å². The second-order valence-electron chi connectivity index (χ2n) is 9.38. The Morgan fingerprint density at radius 2 is 1.65 bits per heavy atom. The number of aliphatic carboxylic acids is 2. The summed E-state index contributed by atoms with van der Waals surface area (Å²) in [6.45, 7) is 5.97. The van der Waals surface area contributed by atoms with E-state index in [-0.39, 0.29) is 10.9 Å². The fourth-order valence-corrected chi connectivity index (χ4v) is 4.38. The highest BCUT2D eigenvalue weighted by Gasteiger charge is 2.39. The summed E-state index contributed by atoms with van der Waals surface area (Å²) in [7, 11) is -3.49. The van der Waals surface area contributed by atoms with E-state index in [2.05, 4.69) is 36.3 Å². The van der Waals surface area contributed by atoms with Crippen LogP contribution in [0.5, 0.6) is 5.75 Å². The molecule has 0 bridgehead atoms. The van der Waals surface area contributed by atoms with Gasteiger partial charge in [0.2, 0.25) is 0 Å². The Kier molecular flexibility index (Phi) is 12.4. The number of nitriles is 1. The van der Waals surface area contributed by atoms with Crippen LogP contribution in [0.3, 0.4) is 0 Å². The predicted molar refractivity (Wildman–Crippen MR) is 155 cm³/mol. The van der Waals surface area contributed by atoms with Crippen molar-refractivity contribution < 1.29 is 59.3 Å². The Hall–Kier alpha value is -5.52. The molecule has 0 saturated heterocycles. The molecule has 258 valence electrons. The first kappa shape index (κ1) is 38.7. The van der Waals surface area contributed by atoms with Crippen LogP contribution in [0, 0.1) is 18.3 Å². The number of aryl methyl sites for hydroxylation is 1. The summed E-state index contributed by atoms with van der Waals surface area (Å²) in [4.78, 5) is 37.6. The van der Waals surface area contributed by atoms with Crippen LogP contribution in [-0.4, -0.2) is 80.7 Å². The van der Waals surface area contributed by atoms with Crippen LogP contribution >= 0.6 is 0 Å². The number of halogens is 6. The van der Waals surface area contributed by atoms with E-state index in [0.717, 1.165) is 17.4 Å². The highest BCUT2D eigenvalue weighted by molar-refractivity contribution is 7.90. The van der Waals surface area contributed by atoms with E-state index in [4.69, 9.17) is 24.5 Å². The minimum atomic E-state index is -5.08. The van der Waals surface area contributed by atoms with Gasteiger partial charge in [0.05, 0.1) is 29.4 Å². The largest absolute Gasteiger partial charge is 0.493 e. The summed E-state index contributed by atoms with van der Waals surface area (Å²) in [5.41, 5.74) is 4.09. The molecule has 0 amide bonds. The number of imidazole rings is 1. The van der Waals surface area contributed by atoms with Crippen molar-refractivity contribution in [1.82, 2.24) is 24.9 Å². The average Bonchev–Trinajstić information content (AvgIpc) is 3.47. The topological polar surface area (TPSA) is 221 Å². The first-order valence-electron chi connectivity index (χ1n) is 13.0. The number of aromatic nitrogens is 5.